The Bertz CT molecular complexity index is 3370. The van der Waals surface area contributed by atoms with Gasteiger partial charge in [0.25, 0.3) is 1.45 Å². The lowest BCUT2D eigenvalue weighted by molar-refractivity contribution is -0.140. The molecule has 10 fully saturated rings. The molecule has 0 radical (unpaired) electrons. The van der Waals surface area contributed by atoms with Crippen LogP contribution in [0.3, 0.4) is 0 Å². The number of nitrogens with zero attached hydrogens (tertiary/aromatic N) is 7. The Morgan fingerprint density at radius 1 is 0.427 bits per heavy atom. The van der Waals surface area contributed by atoms with E-state index in [1.54, 1.807) is 35.5 Å². The molecule has 131 heavy (non-hydrogen) atoms. The summed E-state index contributed by atoms with van der Waals surface area (Å²) in [6, 6.07) is 0.0178. The lowest BCUT2D eigenvalue weighted by Gasteiger charge is -2.36. The SMILES string of the molecule is C.CC(C)(C)OC(=O)NC[C@H](NC(=O)[C@@H](CC(=O)N1CCOCC1)CC1CCCCC1)C(N)=O.CCN(C[C@@H](C#N)NC(=O)[C@@H](CC(=O)N1CCOCC1)CC1CCCCC1)C1CCCCC1.CCN(C[C@H](NC(=O)[C@@H](CC(=O)N1CCOCC1)CC1CCCCC1)C(N)=O)C1CCCCC1.ClCCl.NC[C@H](NC(=O)[C@@H](CC(=O)N1CCOCC1)CC1CCCCC1)C(N)=O.[3H]F. The second-order valence-electron chi connectivity index (χ2n) is 38.1. The summed E-state index contributed by atoms with van der Waals surface area (Å²) in [7, 11) is 0. The third kappa shape index (κ3) is 45.6. The fourth-order valence-corrected chi connectivity index (χ4v) is 19.9. The first-order valence-electron chi connectivity index (χ1n) is 49.6. The molecule has 4 aliphatic heterocycles. The Balaban J connectivity index is 0.000000362. The van der Waals surface area contributed by atoms with Crippen molar-refractivity contribution in [1.29, 1.82) is 6.71 Å². The van der Waals surface area contributed by atoms with Gasteiger partial charge in [-0.3, -0.25) is 67.3 Å². The summed E-state index contributed by atoms with van der Waals surface area (Å²) in [5.74, 6) is -3.02. The molecule has 6 saturated carbocycles. The number of primary amides is 3. The summed E-state index contributed by atoms with van der Waals surface area (Å²) in [5.41, 5.74) is 21.3. The zero-order valence-electron chi connectivity index (χ0n) is 80.2. The van der Waals surface area contributed by atoms with Crippen LogP contribution in [0.5, 0.6) is 0 Å². The van der Waals surface area contributed by atoms with Crippen LogP contribution < -0.4 is 49.5 Å². The molecule has 36 heteroatoms. The van der Waals surface area contributed by atoms with E-state index >= 15 is 0 Å². The fraction of sp³-hybridized carbons (Fsp3) is 0.863. The summed E-state index contributed by atoms with van der Waals surface area (Å²) in [6.45, 7) is 20.7. The first kappa shape index (κ1) is 115. The molecule has 0 spiro atoms. The molecular formula is C95H169Cl2FN16O17. The number of hydrogen-bond acceptors (Lipinski definition) is 21. The van der Waals surface area contributed by atoms with Crippen LogP contribution in [0.15, 0.2) is 0 Å². The first-order valence-corrected chi connectivity index (χ1v) is 50.3. The Kier molecular flexibility index (Phi) is 57.6. The number of hydrogen-bond donors (Lipinski definition) is 9. The number of likely N-dealkylation sites (N-methyl/N-ethyl adjacent to an activating group) is 2. The number of amides is 12. The molecule has 10 aliphatic rings. The van der Waals surface area contributed by atoms with Gasteiger partial charge in [0.05, 0.1) is 70.8 Å². The Hall–Kier alpha value is -6.84. The molecule has 0 aromatic rings. The average Bonchev–Trinajstić information content (AvgIpc) is 0.901. The largest absolute Gasteiger partial charge is 0.444 e. The highest BCUT2D eigenvalue weighted by atomic mass is 35.5. The van der Waals surface area contributed by atoms with Gasteiger partial charge in [0, 0.05) is 133 Å². The van der Waals surface area contributed by atoms with Gasteiger partial charge >= 0.3 is 6.09 Å². The standard InChI is InChI=1S/C26H46N4O4.C26H44N4O3.C23H40N4O6.C18H32N4O4.CH2Cl2.CH4.FH/c1-2-29(22-11-7-4-8-12-22)19-23(25(27)32)28-26(33)21(17-20-9-5-3-6-10-20)18-24(31)30-13-15-34-16-14-30;1-2-29(24-11-7-4-8-12-24)20-23(19-27)28-26(32)22(17-21-9-5-3-6-10-21)18-25(31)30-13-15-33-16-14-30;1-23(2,3)33-22(31)25-15-18(20(24)29)26-21(30)17(13-16-7-5-4-6-8-16)14-19(28)27-9-11-32-12-10-27;19-12-15(17(20)24)21-18(25)14(10-13-4-2-1-3-5-13)11-16(23)22-6-8-26-9-7-22;2-1-3;;/h20-23H,2-19H2,1H3,(H2,27,32)(H,28,33);21-24H,2-18,20H2,1H3,(H,28,32);16-18H,4-15H2,1-3H3,(H2,24,29)(H,25,31)(H,26,30);13-15H,1-12,19H2,(H2,20,24)(H,21,25);1H2;1H4;1H/t21-,23+;22-,23-;17-,18+;14-,15+;;;/m1111.../s1/i/hT. The molecule has 4 heterocycles. The van der Waals surface area contributed by atoms with Crippen LogP contribution in [0.4, 0.5) is 9.51 Å². The Labute approximate surface area is 792 Å². The van der Waals surface area contributed by atoms with E-state index in [0.717, 1.165) is 96.6 Å². The highest BCUT2D eigenvalue weighted by Crippen LogP contribution is 2.36. The minimum Gasteiger partial charge on any atom is -0.444 e. The molecule has 12 amide bonds. The maximum Gasteiger partial charge on any atom is 0.407 e. The van der Waals surface area contributed by atoms with Crippen LogP contribution in [0.25, 0.3) is 0 Å². The van der Waals surface area contributed by atoms with Gasteiger partial charge in [-0.05, 0) is 109 Å². The average molecular weight is 1900 g/mol. The third-order valence-corrected chi connectivity index (χ3v) is 27.4. The molecular weight excluding hydrogens is 1730 g/mol. The van der Waals surface area contributed by atoms with Gasteiger partial charge in [-0.15, -0.1) is 23.2 Å². The quantitative estimate of drug-likeness (QED) is 0.0260. The van der Waals surface area contributed by atoms with Gasteiger partial charge < -0.3 is 92.8 Å². The van der Waals surface area contributed by atoms with Gasteiger partial charge in [0.2, 0.25) is 65.0 Å². The number of morpholine rings is 4. The smallest absolute Gasteiger partial charge is 0.407 e. The minimum atomic E-state index is -1.10. The monoisotopic (exact) mass is 1900 g/mol. The van der Waals surface area contributed by atoms with Crippen LogP contribution in [-0.4, -0.2) is 294 Å². The molecule has 0 aromatic heterocycles. The summed E-state index contributed by atoms with van der Waals surface area (Å²) in [5, 5.41) is 23.8. The number of carbonyl (C=O) groups is 12. The highest BCUT2D eigenvalue weighted by molar-refractivity contribution is 6.40. The lowest BCUT2D eigenvalue weighted by Crippen LogP contribution is -2.54. The molecule has 6 aliphatic carbocycles. The number of nitriles is 1. The van der Waals surface area contributed by atoms with Crippen molar-refractivity contribution in [2.75, 3.05) is 150 Å². The number of ether oxygens (including phenoxy) is 5. The van der Waals surface area contributed by atoms with Crippen molar-refractivity contribution in [2.24, 2.45) is 70.3 Å². The van der Waals surface area contributed by atoms with Gasteiger partial charge in [-0.25, -0.2) is 4.79 Å². The van der Waals surface area contributed by atoms with Gasteiger partial charge in [0.1, 0.15) is 29.8 Å². The maximum atomic E-state index is 13.5. The zero-order chi connectivity index (χ0) is 95.9. The predicted molar refractivity (Wildman–Crippen MR) is 505 cm³/mol. The lowest BCUT2D eigenvalue weighted by atomic mass is 9.81. The van der Waals surface area contributed by atoms with E-state index in [0.29, 0.717) is 173 Å². The van der Waals surface area contributed by atoms with Crippen molar-refractivity contribution >= 4 is 94.3 Å². The normalized spacial score (nSPS) is 20.7. The van der Waals surface area contributed by atoms with E-state index in [2.05, 4.69) is 57.8 Å². The van der Waals surface area contributed by atoms with Crippen LogP contribution in [0, 0.1) is 58.7 Å². The van der Waals surface area contributed by atoms with E-state index < -0.39 is 77.2 Å². The molecule has 752 valence electrons. The molecule has 33 nitrogen and oxygen atoms in total. The van der Waals surface area contributed by atoms with E-state index in [1.807, 2.05) is 4.90 Å². The van der Waals surface area contributed by atoms with Crippen molar-refractivity contribution in [3.63, 3.8) is 0 Å². The summed E-state index contributed by atoms with van der Waals surface area (Å²) >= 11 is 9.53. The molecule has 0 aromatic carbocycles. The third-order valence-electron chi connectivity index (χ3n) is 27.4. The van der Waals surface area contributed by atoms with Crippen LogP contribution in [-0.2, 0) is 76.4 Å². The number of alkyl halides is 2. The number of rotatable bonds is 38. The van der Waals surface area contributed by atoms with Gasteiger partial charge in [-0.2, -0.15) is 5.26 Å². The van der Waals surface area contributed by atoms with Crippen molar-refractivity contribution in [3.05, 3.63) is 0 Å². The molecule has 13 N–H and O–H groups in total. The van der Waals surface area contributed by atoms with Crippen molar-refractivity contribution in [3.8, 4) is 6.07 Å². The topological polar surface area (TPSA) is 458 Å². The molecule has 10 rings (SSSR count). The maximum absolute atomic E-state index is 13.5. The number of nitrogens with two attached hydrogens (primary N) is 4. The van der Waals surface area contributed by atoms with Crippen molar-refractivity contribution < 1.29 is 85.9 Å². The van der Waals surface area contributed by atoms with E-state index in [-0.39, 0.29) is 98.8 Å². The minimum absolute atomic E-state index is 0. The van der Waals surface area contributed by atoms with Crippen LogP contribution in [0.2, 0.25) is 0 Å². The fourth-order valence-electron chi connectivity index (χ4n) is 19.9. The Morgan fingerprint density at radius 3 is 0.931 bits per heavy atom. The van der Waals surface area contributed by atoms with E-state index in [9.17, 15) is 62.8 Å². The van der Waals surface area contributed by atoms with Crippen LogP contribution >= 0.6 is 23.2 Å². The van der Waals surface area contributed by atoms with Gasteiger partial charge in [-0.1, -0.05) is 188 Å². The second kappa shape index (κ2) is 65.8. The molecule has 4 saturated heterocycles. The number of alkyl carbamates (subject to hydrolysis) is 1. The van der Waals surface area contributed by atoms with Gasteiger partial charge in [0.15, 0.2) is 0 Å². The summed E-state index contributed by atoms with van der Waals surface area (Å²) in [6.07, 6.45) is 37.8. The molecule has 0 unspecified atom stereocenters. The van der Waals surface area contributed by atoms with Crippen molar-refractivity contribution in [1.82, 2.24) is 56.0 Å². The predicted octanol–water partition coefficient (Wildman–Crippen LogP) is 9.21. The molecule has 0 bridgehead atoms. The highest BCUT2D eigenvalue weighted by Gasteiger charge is 2.39. The zero-order valence-corrected chi connectivity index (χ0v) is 80.7. The summed E-state index contributed by atoms with van der Waals surface area (Å²) in [4.78, 5) is 164. The summed E-state index contributed by atoms with van der Waals surface area (Å²) < 4.78 is 39.5. The first-order chi connectivity index (χ1) is 63.0. The van der Waals surface area contributed by atoms with Crippen molar-refractivity contribution in [2.45, 2.75) is 328 Å². The number of nitrogens with one attached hydrogen (secondary N) is 5. The second-order valence-corrected chi connectivity index (χ2v) is 38.9. The number of halogens is 3. The van der Waals surface area contributed by atoms with Crippen LogP contribution in [0.1, 0.15) is 286 Å². The van der Waals surface area contributed by atoms with E-state index in [1.165, 1.54) is 116 Å². The molecule has 8 atom stereocenters. The van der Waals surface area contributed by atoms with E-state index in [4.69, 9.17) is 74.5 Å². The number of carbonyl (C=O) groups excluding carboxylic acids is 12. The Morgan fingerprint density at radius 2 is 0.679 bits per heavy atom.